The molecule has 0 bridgehead atoms. The number of carboxylic acid groups (broad SMARTS) is 1. The molecule has 1 aromatic carbocycles. The highest BCUT2D eigenvalue weighted by atomic mass is 19.2. The number of benzene rings is 1. The quantitative estimate of drug-likeness (QED) is 0.778. The van der Waals surface area contributed by atoms with Gasteiger partial charge in [0.15, 0.2) is 11.6 Å². The molecular weight excluding hydrogens is 332 g/mol. The summed E-state index contributed by atoms with van der Waals surface area (Å²) in [6.07, 6.45) is 2.53. The van der Waals surface area contributed by atoms with Gasteiger partial charge in [-0.15, -0.1) is 0 Å². The molecule has 1 amide bonds. The van der Waals surface area contributed by atoms with Gasteiger partial charge in [-0.1, -0.05) is 12.1 Å². The Balaban J connectivity index is 1.99. The first-order chi connectivity index (χ1) is 12.0. The van der Waals surface area contributed by atoms with Crippen molar-refractivity contribution in [3.8, 4) is 0 Å². The highest BCUT2D eigenvalue weighted by molar-refractivity contribution is 5.77. The molecule has 2 rings (SSSR count). The molecule has 1 aliphatic rings. The summed E-state index contributed by atoms with van der Waals surface area (Å²) < 4.78 is 32.5. The summed E-state index contributed by atoms with van der Waals surface area (Å²) in [5, 5.41) is 8.86. The van der Waals surface area contributed by atoms with Crippen molar-refractivity contribution in [1.29, 1.82) is 0 Å². The molecule has 0 radical (unpaired) electrons. The van der Waals surface area contributed by atoms with E-state index in [1.807, 2.05) is 0 Å². The number of amides is 1. The smallest absolute Gasteiger partial charge is 0.305 e. The first kappa shape index (κ1) is 19.3. The van der Waals surface area contributed by atoms with Gasteiger partial charge in [0.05, 0.1) is 6.42 Å². The third kappa shape index (κ3) is 6.08. The number of carbonyl (C=O) groups is 2. The minimum Gasteiger partial charge on any atom is -0.481 e. The van der Waals surface area contributed by atoms with Gasteiger partial charge in [0.1, 0.15) is 0 Å². The molecule has 138 valence electrons. The standard InChI is InChI=1S/C18H23F2NO4/c19-15-3-1-2-14(18(15)20)12-21(9-6-17(23)24)16(22)5-4-13-7-10-25-11-8-13/h1-3,13H,4-12H2,(H,23,24). The fourth-order valence-corrected chi connectivity index (χ4v) is 2.92. The van der Waals surface area contributed by atoms with Crippen molar-refractivity contribution in [1.82, 2.24) is 4.90 Å². The third-order valence-electron chi connectivity index (χ3n) is 4.45. The van der Waals surface area contributed by atoms with Crippen LogP contribution in [0.1, 0.15) is 37.7 Å². The number of carboxylic acids is 1. The van der Waals surface area contributed by atoms with Gasteiger partial charge in [-0.25, -0.2) is 8.78 Å². The lowest BCUT2D eigenvalue weighted by Gasteiger charge is -2.25. The molecule has 0 spiro atoms. The molecule has 25 heavy (non-hydrogen) atoms. The van der Waals surface area contributed by atoms with Gasteiger partial charge in [0.2, 0.25) is 5.91 Å². The number of nitrogens with zero attached hydrogens (tertiary/aromatic N) is 1. The highest BCUT2D eigenvalue weighted by Gasteiger charge is 2.21. The second-order valence-corrected chi connectivity index (χ2v) is 6.27. The first-order valence-corrected chi connectivity index (χ1v) is 8.47. The Morgan fingerprint density at radius 1 is 1.20 bits per heavy atom. The van der Waals surface area contributed by atoms with Crippen LogP contribution in [0.5, 0.6) is 0 Å². The fraction of sp³-hybridized carbons (Fsp3) is 0.556. The minimum absolute atomic E-state index is 0.0299. The molecular formula is C18H23F2NO4. The molecule has 1 heterocycles. The van der Waals surface area contributed by atoms with E-state index in [0.29, 0.717) is 25.6 Å². The monoisotopic (exact) mass is 355 g/mol. The molecule has 1 saturated heterocycles. The van der Waals surface area contributed by atoms with E-state index in [1.54, 1.807) is 0 Å². The predicted molar refractivity (Wildman–Crippen MR) is 86.8 cm³/mol. The van der Waals surface area contributed by atoms with Crippen molar-refractivity contribution in [3.05, 3.63) is 35.4 Å². The van der Waals surface area contributed by atoms with Crippen molar-refractivity contribution < 1.29 is 28.2 Å². The van der Waals surface area contributed by atoms with Gasteiger partial charge in [-0.3, -0.25) is 9.59 Å². The zero-order valence-corrected chi connectivity index (χ0v) is 14.0. The molecule has 0 saturated carbocycles. The van der Waals surface area contributed by atoms with Crippen LogP contribution in [0.4, 0.5) is 8.78 Å². The maximum Gasteiger partial charge on any atom is 0.305 e. The molecule has 1 aromatic rings. The molecule has 5 nitrogen and oxygen atoms in total. The first-order valence-electron chi connectivity index (χ1n) is 8.47. The number of carbonyl (C=O) groups excluding carboxylic acids is 1. The summed E-state index contributed by atoms with van der Waals surface area (Å²) >= 11 is 0. The Kier molecular flexibility index (Phi) is 7.31. The Bertz CT molecular complexity index is 603. The zero-order chi connectivity index (χ0) is 18.2. The van der Waals surface area contributed by atoms with Crippen molar-refractivity contribution >= 4 is 11.9 Å². The Hall–Kier alpha value is -2.02. The Morgan fingerprint density at radius 2 is 1.92 bits per heavy atom. The van der Waals surface area contributed by atoms with E-state index in [1.165, 1.54) is 17.0 Å². The summed E-state index contributed by atoms with van der Waals surface area (Å²) in [5.74, 6) is -2.85. The summed E-state index contributed by atoms with van der Waals surface area (Å²) in [4.78, 5) is 24.6. The van der Waals surface area contributed by atoms with Gasteiger partial charge in [0, 0.05) is 38.3 Å². The van der Waals surface area contributed by atoms with E-state index in [0.717, 1.165) is 18.9 Å². The summed E-state index contributed by atoms with van der Waals surface area (Å²) in [6.45, 7) is 1.22. The Morgan fingerprint density at radius 3 is 2.60 bits per heavy atom. The summed E-state index contributed by atoms with van der Waals surface area (Å²) in [6, 6.07) is 3.78. The van der Waals surface area contributed by atoms with E-state index < -0.39 is 17.6 Å². The number of aliphatic carboxylic acids is 1. The third-order valence-corrected chi connectivity index (χ3v) is 4.45. The number of rotatable bonds is 8. The predicted octanol–water partition coefficient (Wildman–Crippen LogP) is 2.97. The van der Waals surface area contributed by atoms with Crippen LogP contribution in [0, 0.1) is 17.6 Å². The topological polar surface area (TPSA) is 66.8 Å². The van der Waals surface area contributed by atoms with E-state index in [4.69, 9.17) is 9.84 Å². The van der Waals surface area contributed by atoms with E-state index >= 15 is 0 Å². The molecule has 0 unspecified atom stereocenters. The lowest BCUT2D eigenvalue weighted by molar-refractivity contribution is -0.138. The van der Waals surface area contributed by atoms with Crippen LogP contribution in [0.15, 0.2) is 18.2 Å². The SMILES string of the molecule is O=C(O)CCN(Cc1cccc(F)c1F)C(=O)CCC1CCOCC1. The van der Waals surface area contributed by atoms with Crippen LogP contribution in [0.25, 0.3) is 0 Å². The maximum absolute atomic E-state index is 13.9. The molecule has 1 fully saturated rings. The van der Waals surface area contributed by atoms with Crippen LogP contribution < -0.4 is 0 Å². The molecule has 7 heteroatoms. The second-order valence-electron chi connectivity index (χ2n) is 6.27. The van der Waals surface area contributed by atoms with Crippen molar-refractivity contribution in [3.63, 3.8) is 0 Å². The van der Waals surface area contributed by atoms with Crippen LogP contribution in [-0.4, -0.2) is 41.6 Å². The van der Waals surface area contributed by atoms with E-state index in [9.17, 15) is 18.4 Å². The van der Waals surface area contributed by atoms with Crippen molar-refractivity contribution in [2.24, 2.45) is 5.92 Å². The van der Waals surface area contributed by atoms with E-state index in [-0.39, 0.29) is 37.4 Å². The van der Waals surface area contributed by atoms with E-state index in [2.05, 4.69) is 0 Å². The largest absolute Gasteiger partial charge is 0.481 e. The van der Waals surface area contributed by atoms with Gasteiger partial charge in [0.25, 0.3) is 0 Å². The van der Waals surface area contributed by atoms with Gasteiger partial charge >= 0.3 is 5.97 Å². The maximum atomic E-state index is 13.9. The molecule has 1 N–H and O–H groups in total. The number of halogens is 2. The van der Waals surface area contributed by atoms with Crippen LogP contribution in [0.2, 0.25) is 0 Å². The molecule has 1 aliphatic heterocycles. The van der Waals surface area contributed by atoms with Gasteiger partial charge in [-0.2, -0.15) is 0 Å². The van der Waals surface area contributed by atoms with Crippen LogP contribution in [-0.2, 0) is 20.9 Å². The summed E-state index contributed by atoms with van der Waals surface area (Å²) in [5.41, 5.74) is 0.0461. The number of hydrogen-bond acceptors (Lipinski definition) is 3. The molecule has 0 aliphatic carbocycles. The average Bonchev–Trinajstić information content (AvgIpc) is 2.60. The van der Waals surface area contributed by atoms with Gasteiger partial charge in [-0.05, 0) is 31.2 Å². The summed E-state index contributed by atoms with van der Waals surface area (Å²) in [7, 11) is 0. The highest BCUT2D eigenvalue weighted by Crippen LogP contribution is 2.21. The van der Waals surface area contributed by atoms with Gasteiger partial charge < -0.3 is 14.7 Å². The average molecular weight is 355 g/mol. The zero-order valence-electron chi connectivity index (χ0n) is 14.0. The van der Waals surface area contributed by atoms with Crippen molar-refractivity contribution in [2.45, 2.75) is 38.6 Å². The Labute approximate surface area is 145 Å². The van der Waals surface area contributed by atoms with Crippen LogP contribution in [0.3, 0.4) is 0 Å². The fourth-order valence-electron chi connectivity index (χ4n) is 2.92. The molecule has 0 atom stereocenters. The normalized spacial score (nSPS) is 15.1. The second kappa shape index (κ2) is 9.46. The minimum atomic E-state index is -1.04. The van der Waals surface area contributed by atoms with Crippen LogP contribution >= 0.6 is 0 Å². The lowest BCUT2D eigenvalue weighted by Crippen LogP contribution is -2.33. The number of ether oxygens (including phenoxy) is 1. The lowest BCUT2D eigenvalue weighted by atomic mass is 9.94. The van der Waals surface area contributed by atoms with Crippen molar-refractivity contribution in [2.75, 3.05) is 19.8 Å². The number of hydrogen-bond donors (Lipinski definition) is 1. The molecule has 0 aromatic heterocycles.